The van der Waals surface area contributed by atoms with Gasteiger partial charge in [-0.25, -0.2) is 9.36 Å². The molecule has 6 heteroatoms. The lowest BCUT2D eigenvalue weighted by molar-refractivity contribution is 0.104. The summed E-state index contributed by atoms with van der Waals surface area (Å²) in [7, 11) is 2.93. The molecular weight excluding hydrogens is 224 g/mol. The summed E-state index contributed by atoms with van der Waals surface area (Å²) in [5.74, 6) is 0.0364. The van der Waals surface area contributed by atoms with Gasteiger partial charge >= 0.3 is 5.69 Å². The van der Waals surface area contributed by atoms with Crippen molar-refractivity contribution in [2.24, 2.45) is 0 Å². The Labute approximate surface area is 99.4 Å². The molecule has 0 N–H and O–H groups in total. The maximum Gasteiger partial charge on any atom is 0.334 e. The molecule has 0 aliphatic carbocycles. The van der Waals surface area contributed by atoms with E-state index in [1.54, 1.807) is 6.20 Å². The molecule has 0 unspecified atom stereocenters. The summed E-state index contributed by atoms with van der Waals surface area (Å²) in [5.41, 5.74) is -0.166. The molecule has 0 aromatic carbocycles. The Kier molecular flexibility index (Phi) is 4.65. The molecule has 96 valence electrons. The molecule has 0 atom stereocenters. The second-order valence-corrected chi connectivity index (χ2v) is 4.06. The van der Waals surface area contributed by atoms with Crippen LogP contribution in [-0.2, 0) is 22.9 Å². The predicted molar refractivity (Wildman–Crippen MR) is 63.1 cm³/mol. The van der Waals surface area contributed by atoms with Crippen LogP contribution < -0.4 is 11.2 Å². The maximum absolute atomic E-state index is 12.0. The van der Waals surface area contributed by atoms with Crippen LogP contribution in [0, 0.1) is 0 Å². The average molecular weight is 242 g/mol. The molecule has 1 heterocycles. The SMILES string of the molecule is COCn1cc(C(C)C)c(=O)n(COC)c1=O. The number of rotatable bonds is 5. The minimum absolute atomic E-state index is 0.0364. The van der Waals surface area contributed by atoms with E-state index in [1.165, 1.54) is 18.8 Å². The van der Waals surface area contributed by atoms with Gasteiger partial charge in [0.05, 0.1) is 0 Å². The summed E-state index contributed by atoms with van der Waals surface area (Å²) >= 11 is 0. The van der Waals surface area contributed by atoms with Gasteiger partial charge in [-0.15, -0.1) is 0 Å². The Morgan fingerprint density at radius 2 is 1.76 bits per heavy atom. The van der Waals surface area contributed by atoms with Crippen molar-refractivity contribution < 1.29 is 9.47 Å². The molecule has 0 bridgehead atoms. The highest BCUT2D eigenvalue weighted by Crippen LogP contribution is 2.07. The smallest absolute Gasteiger partial charge is 0.334 e. The van der Waals surface area contributed by atoms with Crippen LogP contribution in [0.1, 0.15) is 25.3 Å². The molecule has 0 radical (unpaired) electrons. The topological polar surface area (TPSA) is 62.5 Å². The van der Waals surface area contributed by atoms with Crippen LogP contribution in [0.4, 0.5) is 0 Å². The second-order valence-electron chi connectivity index (χ2n) is 4.06. The minimum atomic E-state index is -0.428. The van der Waals surface area contributed by atoms with Gasteiger partial charge in [0.15, 0.2) is 0 Å². The average Bonchev–Trinajstić information content (AvgIpc) is 2.27. The van der Waals surface area contributed by atoms with Crippen LogP contribution in [0.15, 0.2) is 15.8 Å². The number of ether oxygens (including phenoxy) is 2. The predicted octanol–water partition coefficient (Wildman–Crippen LogP) is 0.341. The lowest BCUT2D eigenvalue weighted by Gasteiger charge is -2.13. The summed E-state index contributed by atoms with van der Waals surface area (Å²) in [4.78, 5) is 23.9. The largest absolute Gasteiger partial charge is 0.364 e. The molecule has 0 spiro atoms. The fourth-order valence-electron chi connectivity index (χ4n) is 1.55. The molecule has 1 aromatic rings. The third-order valence-corrected chi connectivity index (χ3v) is 2.41. The molecule has 0 saturated heterocycles. The third kappa shape index (κ3) is 2.83. The first-order valence-corrected chi connectivity index (χ1v) is 5.35. The summed E-state index contributed by atoms with van der Waals surface area (Å²) in [5, 5.41) is 0. The lowest BCUT2D eigenvalue weighted by atomic mass is 10.1. The highest BCUT2D eigenvalue weighted by Gasteiger charge is 2.13. The molecule has 1 aromatic heterocycles. The first kappa shape index (κ1) is 13.7. The van der Waals surface area contributed by atoms with E-state index in [0.717, 1.165) is 4.57 Å². The van der Waals surface area contributed by atoms with Crippen LogP contribution in [0.5, 0.6) is 0 Å². The van der Waals surface area contributed by atoms with Crippen LogP contribution >= 0.6 is 0 Å². The zero-order valence-electron chi connectivity index (χ0n) is 10.6. The molecule has 0 saturated carbocycles. The van der Waals surface area contributed by atoms with Crippen LogP contribution in [-0.4, -0.2) is 23.4 Å². The summed E-state index contributed by atoms with van der Waals surface area (Å²) in [6.45, 7) is 3.86. The minimum Gasteiger partial charge on any atom is -0.364 e. The van der Waals surface area contributed by atoms with E-state index in [0.29, 0.717) is 5.56 Å². The van der Waals surface area contributed by atoms with Crippen molar-refractivity contribution in [3.63, 3.8) is 0 Å². The van der Waals surface area contributed by atoms with E-state index < -0.39 is 5.69 Å². The van der Waals surface area contributed by atoms with Crippen LogP contribution in [0.25, 0.3) is 0 Å². The molecule has 1 rings (SSSR count). The molecule has 0 amide bonds. The Bertz CT molecular complexity index is 487. The first-order valence-electron chi connectivity index (χ1n) is 5.35. The standard InChI is InChI=1S/C11H18N2O4/c1-8(2)9-5-12(6-16-3)11(15)13(7-17-4)10(9)14/h5,8H,6-7H2,1-4H3. The van der Waals surface area contributed by atoms with Crippen molar-refractivity contribution in [1.29, 1.82) is 0 Å². The Morgan fingerprint density at radius 1 is 1.18 bits per heavy atom. The van der Waals surface area contributed by atoms with E-state index in [4.69, 9.17) is 9.47 Å². The second kappa shape index (κ2) is 5.79. The highest BCUT2D eigenvalue weighted by atomic mass is 16.5. The number of methoxy groups -OCH3 is 2. The molecular formula is C11H18N2O4. The van der Waals surface area contributed by atoms with E-state index in [2.05, 4.69) is 0 Å². The van der Waals surface area contributed by atoms with Crippen LogP contribution in [0.2, 0.25) is 0 Å². The summed E-state index contributed by atoms with van der Waals surface area (Å²) in [6, 6.07) is 0. The monoisotopic (exact) mass is 242 g/mol. The normalized spacial score (nSPS) is 11.1. The van der Waals surface area contributed by atoms with Gasteiger partial charge in [0.1, 0.15) is 13.5 Å². The zero-order chi connectivity index (χ0) is 13.0. The molecule has 6 nitrogen and oxygen atoms in total. The molecule has 17 heavy (non-hydrogen) atoms. The van der Waals surface area contributed by atoms with Gasteiger partial charge in [-0.3, -0.25) is 9.36 Å². The van der Waals surface area contributed by atoms with Crippen molar-refractivity contribution in [3.05, 3.63) is 32.6 Å². The van der Waals surface area contributed by atoms with Gasteiger partial charge in [-0.1, -0.05) is 13.8 Å². The first-order chi connectivity index (χ1) is 8.02. The number of nitrogens with zero attached hydrogens (tertiary/aromatic N) is 2. The van der Waals surface area contributed by atoms with Crippen molar-refractivity contribution in [2.45, 2.75) is 33.2 Å². The van der Waals surface area contributed by atoms with E-state index in [1.807, 2.05) is 13.8 Å². The van der Waals surface area contributed by atoms with Crippen molar-refractivity contribution in [2.75, 3.05) is 14.2 Å². The van der Waals surface area contributed by atoms with Gasteiger partial charge in [0.2, 0.25) is 0 Å². The van der Waals surface area contributed by atoms with Gasteiger partial charge in [-0.05, 0) is 5.92 Å². The molecule has 0 fully saturated rings. The Morgan fingerprint density at radius 3 is 2.24 bits per heavy atom. The van der Waals surface area contributed by atoms with Crippen LogP contribution in [0.3, 0.4) is 0 Å². The number of hydrogen-bond acceptors (Lipinski definition) is 4. The van der Waals surface area contributed by atoms with Gasteiger partial charge < -0.3 is 9.47 Å². The fourth-order valence-corrected chi connectivity index (χ4v) is 1.55. The molecule has 0 aliphatic rings. The summed E-state index contributed by atoms with van der Waals surface area (Å²) in [6.07, 6.45) is 1.55. The third-order valence-electron chi connectivity index (χ3n) is 2.41. The quantitative estimate of drug-likeness (QED) is 0.747. The van der Waals surface area contributed by atoms with E-state index in [9.17, 15) is 9.59 Å². The van der Waals surface area contributed by atoms with E-state index in [-0.39, 0.29) is 24.9 Å². The van der Waals surface area contributed by atoms with Gasteiger partial charge in [0.25, 0.3) is 5.56 Å². The van der Waals surface area contributed by atoms with Crippen molar-refractivity contribution >= 4 is 0 Å². The van der Waals surface area contributed by atoms with Gasteiger partial charge in [0, 0.05) is 26.0 Å². The van der Waals surface area contributed by atoms with Crippen molar-refractivity contribution in [1.82, 2.24) is 9.13 Å². The summed E-state index contributed by atoms with van der Waals surface area (Å²) < 4.78 is 12.2. The lowest BCUT2D eigenvalue weighted by Crippen LogP contribution is -2.42. The fraction of sp³-hybridized carbons (Fsp3) is 0.636. The highest BCUT2D eigenvalue weighted by molar-refractivity contribution is 5.10. The van der Waals surface area contributed by atoms with Crippen molar-refractivity contribution in [3.8, 4) is 0 Å². The molecule has 0 aliphatic heterocycles. The Hall–Kier alpha value is -1.40. The van der Waals surface area contributed by atoms with Gasteiger partial charge in [-0.2, -0.15) is 0 Å². The Balaban J connectivity index is 3.46. The van der Waals surface area contributed by atoms with E-state index >= 15 is 0 Å². The zero-order valence-corrected chi connectivity index (χ0v) is 10.6. The maximum atomic E-state index is 12.0. The number of hydrogen-bond donors (Lipinski definition) is 0. The number of aromatic nitrogens is 2.